The van der Waals surface area contributed by atoms with Crippen LogP contribution >= 0.6 is 0 Å². The number of piperidine rings is 1. The highest BCUT2D eigenvalue weighted by Crippen LogP contribution is 2.29. The maximum absolute atomic E-state index is 13.4. The van der Waals surface area contributed by atoms with Gasteiger partial charge in [-0.1, -0.05) is 48.9 Å². The van der Waals surface area contributed by atoms with Crippen LogP contribution in [0.4, 0.5) is 5.69 Å². The van der Waals surface area contributed by atoms with Crippen LogP contribution in [0.5, 0.6) is 0 Å². The molecule has 1 fully saturated rings. The van der Waals surface area contributed by atoms with Gasteiger partial charge in [-0.15, -0.1) is 10.2 Å². The fourth-order valence-corrected chi connectivity index (χ4v) is 4.83. The van der Waals surface area contributed by atoms with Crippen LogP contribution in [-0.4, -0.2) is 49.1 Å². The zero-order valence-corrected chi connectivity index (χ0v) is 19.5. The molecule has 1 aliphatic rings. The lowest BCUT2D eigenvalue weighted by molar-refractivity contribution is -0.144. The number of carbonyl (C=O) groups excluding carboxylic acids is 1. The number of carboxylic acids is 1. The van der Waals surface area contributed by atoms with Crippen molar-refractivity contribution in [1.82, 2.24) is 19.5 Å². The lowest BCUT2D eigenvalue weighted by atomic mass is 9.99. The van der Waals surface area contributed by atoms with Gasteiger partial charge in [-0.2, -0.15) is 0 Å². The number of aromatic nitrogens is 3. The van der Waals surface area contributed by atoms with Crippen molar-refractivity contribution in [2.75, 3.05) is 11.9 Å². The Hall–Kier alpha value is -4.04. The van der Waals surface area contributed by atoms with Gasteiger partial charge in [0.2, 0.25) is 0 Å². The summed E-state index contributed by atoms with van der Waals surface area (Å²) in [6.45, 7) is 3.14. The van der Waals surface area contributed by atoms with Gasteiger partial charge in [0.05, 0.1) is 5.56 Å². The highest BCUT2D eigenvalue weighted by atomic mass is 16.4. The smallest absolute Gasteiger partial charge is 0.320 e. The highest BCUT2D eigenvalue weighted by Gasteiger charge is 2.28. The molecule has 2 aromatic carbocycles. The number of fused-ring (bicyclic) bond motifs is 1. The minimum absolute atomic E-state index is 0.286. The second kappa shape index (κ2) is 9.68. The molecule has 0 radical (unpaired) electrons. The predicted molar refractivity (Wildman–Crippen MR) is 133 cm³/mol. The largest absolute Gasteiger partial charge is 0.480 e. The topological polar surface area (TPSA) is 99.8 Å². The van der Waals surface area contributed by atoms with E-state index in [2.05, 4.69) is 15.5 Å². The number of amides is 1. The van der Waals surface area contributed by atoms with Crippen LogP contribution in [-0.2, 0) is 11.3 Å². The molecule has 1 amide bonds. The van der Waals surface area contributed by atoms with Crippen LogP contribution in [0, 0.1) is 6.92 Å². The average molecular weight is 470 g/mol. The van der Waals surface area contributed by atoms with Crippen LogP contribution in [0.2, 0.25) is 0 Å². The molecule has 1 aliphatic heterocycles. The molecule has 2 N–H and O–H groups in total. The first-order valence-corrected chi connectivity index (χ1v) is 11.8. The van der Waals surface area contributed by atoms with E-state index in [9.17, 15) is 14.7 Å². The summed E-state index contributed by atoms with van der Waals surface area (Å²) in [4.78, 5) is 27.1. The van der Waals surface area contributed by atoms with Crippen LogP contribution in [0.15, 0.2) is 67.1 Å². The predicted octanol–water partition coefficient (Wildman–Crippen LogP) is 4.40. The first-order valence-electron chi connectivity index (χ1n) is 11.8. The van der Waals surface area contributed by atoms with Crippen LogP contribution in [0.3, 0.4) is 0 Å². The molecular weight excluding hydrogens is 442 g/mol. The van der Waals surface area contributed by atoms with E-state index in [0.29, 0.717) is 30.7 Å². The molecule has 2 aromatic heterocycles. The first-order chi connectivity index (χ1) is 17.0. The standard InChI is InChI=1S/C27H27N5O3/c1-18-21(20-8-3-2-4-9-20)10-7-11-23(18)29-26(33)22-14-19(16-32-17-28-30-25(22)32)15-31-13-6-5-12-24(31)27(34)35/h2-4,7-11,14,16-17,24H,5-6,12-13,15H2,1H3,(H,29,33)(H,34,35)/t24-/m0/s1. The second-order valence-corrected chi connectivity index (χ2v) is 8.94. The average Bonchev–Trinajstić information content (AvgIpc) is 3.34. The summed E-state index contributed by atoms with van der Waals surface area (Å²) in [7, 11) is 0. The Morgan fingerprint density at radius 2 is 1.94 bits per heavy atom. The molecule has 4 aromatic rings. The van der Waals surface area contributed by atoms with Crippen molar-refractivity contribution in [1.29, 1.82) is 0 Å². The van der Waals surface area contributed by atoms with Gasteiger partial charge in [0, 0.05) is 18.4 Å². The van der Waals surface area contributed by atoms with E-state index in [1.165, 1.54) is 0 Å². The molecule has 5 rings (SSSR count). The molecule has 1 saturated heterocycles. The van der Waals surface area contributed by atoms with E-state index < -0.39 is 12.0 Å². The van der Waals surface area contributed by atoms with Crippen LogP contribution in [0.1, 0.15) is 40.7 Å². The monoisotopic (exact) mass is 469 g/mol. The van der Waals surface area contributed by atoms with Crippen LogP contribution in [0.25, 0.3) is 16.8 Å². The van der Waals surface area contributed by atoms with Gasteiger partial charge < -0.3 is 10.4 Å². The number of anilines is 1. The Morgan fingerprint density at radius 3 is 2.74 bits per heavy atom. The van der Waals surface area contributed by atoms with Crippen molar-refractivity contribution in [3.8, 4) is 11.1 Å². The number of carboxylic acid groups (broad SMARTS) is 1. The van der Waals surface area contributed by atoms with Gasteiger partial charge in [0.25, 0.3) is 5.91 Å². The lowest BCUT2D eigenvalue weighted by Gasteiger charge is -2.32. The van der Waals surface area contributed by atoms with E-state index in [0.717, 1.165) is 40.8 Å². The van der Waals surface area contributed by atoms with Crippen molar-refractivity contribution in [3.63, 3.8) is 0 Å². The van der Waals surface area contributed by atoms with Crippen molar-refractivity contribution < 1.29 is 14.7 Å². The minimum atomic E-state index is -0.804. The molecule has 0 saturated carbocycles. The van der Waals surface area contributed by atoms with E-state index in [4.69, 9.17) is 0 Å². The summed E-state index contributed by atoms with van der Waals surface area (Å²) in [5.41, 5.74) is 5.52. The molecule has 8 heteroatoms. The zero-order valence-electron chi connectivity index (χ0n) is 19.5. The number of rotatable bonds is 6. The number of benzene rings is 2. The first kappa shape index (κ1) is 22.7. The van der Waals surface area contributed by atoms with E-state index in [1.807, 2.05) is 66.6 Å². The zero-order chi connectivity index (χ0) is 24.4. The van der Waals surface area contributed by atoms with Crippen molar-refractivity contribution >= 4 is 23.2 Å². The maximum atomic E-state index is 13.4. The van der Waals surface area contributed by atoms with Gasteiger partial charge in [-0.3, -0.25) is 18.9 Å². The number of nitrogens with one attached hydrogen (secondary N) is 1. The van der Waals surface area contributed by atoms with E-state index in [-0.39, 0.29) is 5.91 Å². The quantitative estimate of drug-likeness (QED) is 0.434. The number of carbonyl (C=O) groups is 2. The van der Waals surface area contributed by atoms with Crippen molar-refractivity contribution in [3.05, 3.63) is 83.8 Å². The number of likely N-dealkylation sites (tertiary alicyclic amines) is 1. The van der Waals surface area contributed by atoms with Gasteiger partial charge in [-0.05, 0) is 60.7 Å². The summed E-state index contributed by atoms with van der Waals surface area (Å²) >= 11 is 0. The van der Waals surface area contributed by atoms with Gasteiger partial charge in [-0.25, -0.2) is 0 Å². The third-order valence-electron chi connectivity index (χ3n) is 6.64. The van der Waals surface area contributed by atoms with Crippen LogP contribution < -0.4 is 5.32 Å². The minimum Gasteiger partial charge on any atom is -0.480 e. The number of hydrogen-bond acceptors (Lipinski definition) is 5. The normalized spacial score (nSPS) is 16.3. The Morgan fingerprint density at radius 1 is 1.11 bits per heavy atom. The number of pyridine rings is 1. The number of hydrogen-bond donors (Lipinski definition) is 2. The Kier molecular flexibility index (Phi) is 6.29. The fraction of sp³-hybridized carbons (Fsp3) is 0.259. The Balaban J connectivity index is 1.45. The highest BCUT2D eigenvalue weighted by molar-refractivity contribution is 6.09. The molecule has 1 atom stereocenters. The lowest BCUT2D eigenvalue weighted by Crippen LogP contribution is -2.44. The maximum Gasteiger partial charge on any atom is 0.320 e. The summed E-state index contributed by atoms with van der Waals surface area (Å²) in [5, 5.41) is 20.8. The summed E-state index contributed by atoms with van der Waals surface area (Å²) in [6, 6.07) is 17.2. The SMILES string of the molecule is Cc1c(NC(=O)c2cc(CN3CCCC[C@H]3C(=O)O)cn3cnnc23)cccc1-c1ccccc1. The molecule has 0 aliphatic carbocycles. The van der Waals surface area contributed by atoms with Crippen molar-refractivity contribution in [2.45, 2.75) is 38.8 Å². The Bertz CT molecular complexity index is 1380. The summed E-state index contributed by atoms with van der Waals surface area (Å²) in [5.74, 6) is -1.09. The molecule has 0 bridgehead atoms. The number of aliphatic carboxylic acids is 1. The Labute approximate surface area is 203 Å². The van der Waals surface area contributed by atoms with Gasteiger partial charge in [0.15, 0.2) is 5.65 Å². The van der Waals surface area contributed by atoms with Gasteiger partial charge >= 0.3 is 5.97 Å². The molecule has 178 valence electrons. The second-order valence-electron chi connectivity index (χ2n) is 8.94. The molecule has 3 heterocycles. The molecule has 8 nitrogen and oxygen atoms in total. The summed E-state index contributed by atoms with van der Waals surface area (Å²) < 4.78 is 1.72. The van der Waals surface area contributed by atoms with E-state index in [1.54, 1.807) is 16.8 Å². The van der Waals surface area contributed by atoms with E-state index >= 15 is 0 Å². The molecule has 0 unspecified atom stereocenters. The molecule has 0 spiro atoms. The molecule has 35 heavy (non-hydrogen) atoms. The molecular formula is C27H27N5O3. The van der Waals surface area contributed by atoms with Crippen molar-refractivity contribution in [2.24, 2.45) is 0 Å². The van der Waals surface area contributed by atoms with Gasteiger partial charge in [0.1, 0.15) is 12.4 Å². The fourth-order valence-electron chi connectivity index (χ4n) is 4.83. The third-order valence-corrected chi connectivity index (χ3v) is 6.64. The number of nitrogens with zero attached hydrogens (tertiary/aromatic N) is 4. The third kappa shape index (κ3) is 4.65. The summed E-state index contributed by atoms with van der Waals surface area (Å²) in [6.07, 6.45) is 5.92.